The molecule has 0 aromatic carbocycles. The Bertz CT molecular complexity index is 362. The van der Waals surface area contributed by atoms with Crippen LogP contribution in [0.1, 0.15) is 24.0 Å². The lowest BCUT2D eigenvalue weighted by Gasteiger charge is -2.32. The number of morpholine rings is 1. The zero-order valence-electron chi connectivity index (χ0n) is 11.0. The van der Waals surface area contributed by atoms with Crippen LogP contribution in [-0.2, 0) is 17.8 Å². The molecule has 1 aromatic heterocycles. The third-order valence-electron chi connectivity index (χ3n) is 3.30. The number of rotatable bonds is 4. The van der Waals surface area contributed by atoms with Crippen LogP contribution >= 0.6 is 0 Å². The number of nitrogens with zero attached hydrogens (tertiary/aromatic N) is 1. The topological polar surface area (TPSA) is 37.6 Å². The van der Waals surface area contributed by atoms with Gasteiger partial charge >= 0.3 is 0 Å². The molecule has 0 saturated carbocycles. The minimum atomic E-state index is 0.491. The first-order valence-electron chi connectivity index (χ1n) is 6.25. The largest absolute Gasteiger partial charge is 0.465 e. The van der Waals surface area contributed by atoms with E-state index < -0.39 is 0 Å². The molecule has 4 nitrogen and oxygen atoms in total. The molecule has 0 bridgehead atoms. The van der Waals surface area contributed by atoms with Gasteiger partial charge in [-0.05, 0) is 27.0 Å². The molecular formula is C13H22N2O2. The van der Waals surface area contributed by atoms with Gasteiger partial charge in [-0.1, -0.05) is 0 Å². The van der Waals surface area contributed by atoms with E-state index >= 15 is 0 Å². The molecule has 2 heterocycles. The van der Waals surface area contributed by atoms with E-state index in [-0.39, 0.29) is 0 Å². The number of hydrogen-bond donors (Lipinski definition) is 1. The first-order chi connectivity index (χ1) is 8.20. The van der Waals surface area contributed by atoms with Crippen LogP contribution < -0.4 is 5.32 Å². The second-order valence-corrected chi connectivity index (χ2v) is 4.72. The Balaban J connectivity index is 2.01. The van der Waals surface area contributed by atoms with Gasteiger partial charge in [0, 0.05) is 24.7 Å². The fraction of sp³-hybridized carbons (Fsp3) is 0.692. The van der Waals surface area contributed by atoms with Crippen molar-refractivity contribution in [1.82, 2.24) is 10.2 Å². The monoisotopic (exact) mass is 238 g/mol. The summed E-state index contributed by atoms with van der Waals surface area (Å²) in [6.45, 7) is 8.68. The summed E-state index contributed by atoms with van der Waals surface area (Å²) in [5.74, 6) is 2.05. The molecule has 96 valence electrons. The van der Waals surface area contributed by atoms with Gasteiger partial charge in [0.05, 0.1) is 19.8 Å². The molecule has 1 saturated heterocycles. The van der Waals surface area contributed by atoms with Crippen LogP contribution in [0.2, 0.25) is 0 Å². The molecule has 1 unspecified atom stereocenters. The van der Waals surface area contributed by atoms with Gasteiger partial charge in [0.1, 0.15) is 11.5 Å². The fourth-order valence-corrected chi connectivity index (χ4v) is 2.22. The lowest BCUT2D eigenvalue weighted by atomic mass is 10.2. The van der Waals surface area contributed by atoms with Gasteiger partial charge in [-0.25, -0.2) is 0 Å². The van der Waals surface area contributed by atoms with E-state index in [4.69, 9.17) is 9.15 Å². The Morgan fingerprint density at radius 1 is 1.53 bits per heavy atom. The normalized spacial score (nSPS) is 21.9. The summed E-state index contributed by atoms with van der Waals surface area (Å²) in [6, 6.07) is 2.65. The summed E-state index contributed by atoms with van der Waals surface area (Å²) in [5.41, 5.74) is 1.30. The van der Waals surface area contributed by atoms with Crippen molar-refractivity contribution in [3.05, 3.63) is 23.2 Å². The third-order valence-corrected chi connectivity index (χ3v) is 3.30. The van der Waals surface area contributed by atoms with Crippen molar-refractivity contribution in [2.45, 2.75) is 33.0 Å². The number of nitrogens with one attached hydrogen (secondary N) is 1. The van der Waals surface area contributed by atoms with Crippen LogP contribution in [0, 0.1) is 6.92 Å². The van der Waals surface area contributed by atoms with Crippen molar-refractivity contribution in [2.75, 3.05) is 26.8 Å². The quantitative estimate of drug-likeness (QED) is 0.863. The van der Waals surface area contributed by atoms with E-state index in [0.29, 0.717) is 6.04 Å². The molecule has 0 aliphatic carbocycles. The maximum absolute atomic E-state index is 5.71. The van der Waals surface area contributed by atoms with Crippen LogP contribution in [0.3, 0.4) is 0 Å². The molecule has 0 radical (unpaired) electrons. The van der Waals surface area contributed by atoms with Crippen molar-refractivity contribution in [3.63, 3.8) is 0 Å². The van der Waals surface area contributed by atoms with Crippen LogP contribution in [0.4, 0.5) is 0 Å². The van der Waals surface area contributed by atoms with Crippen LogP contribution in [0.25, 0.3) is 0 Å². The predicted molar refractivity (Wildman–Crippen MR) is 66.9 cm³/mol. The highest BCUT2D eigenvalue weighted by Gasteiger charge is 2.20. The molecule has 1 N–H and O–H groups in total. The molecule has 17 heavy (non-hydrogen) atoms. The van der Waals surface area contributed by atoms with E-state index in [0.717, 1.165) is 44.4 Å². The summed E-state index contributed by atoms with van der Waals surface area (Å²) in [6.07, 6.45) is 0. The average Bonchev–Trinajstić information content (AvgIpc) is 2.63. The second kappa shape index (κ2) is 5.67. The lowest BCUT2D eigenvalue weighted by Crippen LogP contribution is -2.42. The van der Waals surface area contributed by atoms with Crippen molar-refractivity contribution >= 4 is 0 Å². The minimum absolute atomic E-state index is 0.491. The highest BCUT2D eigenvalue weighted by Crippen LogP contribution is 2.19. The van der Waals surface area contributed by atoms with E-state index in [1.807, 2.05) is 14.0 Å². The van der Waals surface area contributed by atoms with Gasteiger partial charge < -0.3 is 14.5 Å². The van der Waals surface area contributed by atoms with E-state index in [2.05, 4.69) is 23.2 Å². The number of furan rings is 1. The van der Waals surface area contributed by atoms with Gasteiger partial charge in [-0.15, -0.1) is 0 Å². The molecule has 1 atom stereocenters. The third kappa shape index (κ3) is 3.09. The maximum atomic E-state index is 5.71. The molecule has 0 amide bonds. The molecule has 0 spiro atoms. The molecular weight excluding hydrogens is 216 g/mol. The zero-order chi connectivity index (χ0) is 12.3. The van der Waals surface area contributed by atoms with Crippen LogP contribution in [0.5, 0.6) is 0 Å². The Morgan fingerprint density at radius 3 is 3.06 bits per heavy atom. The first-order valence-corrected chi connectivity index (χ1v) is 6.25. The van der Waals surface area contributed by atoms with Gasteiger partial charge in [0.25, 0.3) is 0 Å². The summed E-state index contributed by atoms with van der Waals surface area (Å²) >= 11 is 0. The predicted octanol–water partition coefficient (Wildman–Crippen LogP) is 1.53. The van der Waals surface area contributed by atoms with Crippen LogP contribution in [-0.4, -0.2) is 37.7 Å². The summed E-state index contributed by atoms with van der Waals surface area (Å²) < 4.78 is 11.2. The Hall–Kier alpha value is -0.840. The van der Waals surface area contributed by atoms with Gasteiger partial charge in [0.2, 0.25) is 0 Å². The number of hydrogen-bond acceptors (Lipinski definition) is 4. The van der Waals surface area contributed by atoms with E-state index in [1.54, 1.807) is 0 Å². The summed E-state index contributed by atoms with van der Waals surface area (Å²) in [4.78, 5) is 2.45. The molecule has 1 aromatic rings. The smallest absolute Gasteiger partial charge is 0.118 e. The van der Waals surface area contributed by atoms with Crippen molar-refractivity contribution in [3.8, 4) is 0 Å². The van der Waals surface area contributed by atoms with E-state index in [1.165, 1.54) is 5.56 Å². The highest BCUT2D eigenvalue weighted by molar-refractivity contribution is 5.20. The average molecular weight is 238 g/mol. The van der Waals surface area contributed by atoms with Crippen molar-refractivity contribution in [2.24, 2.45) is 0 Å². The Kier molecular flexibility index (Phi) is 4.20. The number of aryl methyl sites for hydroxylation is 1. The van der Waals surface area contributed by atoms with Gasteiger partial charge in [-0.2, -0.15) is 0 Å². The van der Waals surface area contributed by atoms with Gasteiger partial charge in [0.15, 0.2) is 0 Å². The Labute approximate surface area is 103 Å². The van der Waals surface area contributed by atoms with Gasteiger partial charge in [-0.3, -0.25) is 4.90 Å². The first kappa shape index (κ1) is 12.6. The van der Waals surface area contributed by atoms with E-state index in [9.17, 15) is 0 Å². The lowest BCUT2D eigenvalue weighted by molar-refractivity contribution is -0.00454. The highest BCUT2D eigenvalue weighted by atomic mass is 16.5. The maximum Gasteiger partial charge on any atom is 0.118 e. The second-order valence-electron chi connectivity index (χ2n) is 4.72. The SMILES string of the molecule is CNCc1cc(CN2CCOCC2C)c(C)o1. The molecule has 1 aliphatic rings. The molecule has 4 heteroatoms. The molecule has 2 rings (SSSR count). The standard InChI is InChI=1S/C13H22N2O2/c1-10-9-16-5-4-15(10)8-12-6-13(7-14-3)17-11(12)2/h6,10,14H,4-5,7-9H2,1-3H3. The van der Waals surface area contributed by atoms with Crippen molar-refractivity contribution < 1.29 is 9.15 Å². The fourth-order valence-electron chi connectivity index (χ4n) is 2.22. The van der Waals surface area contributed by atoms with Crippen LogP contribution in [0.15, 0.2) is 10.5 Å². The summed E-state index contributed by atoms with van der Waals surface area (Å²) in [7, 11) is 1.93. The Morgan fingerprint density at radius 2 is 2.35 bits per heavy atom. The summed E-state index contributed by atoms with van der Waals surface area (Å²) in [5, 5.41) is 3.11. The number of ether oxygens (including phenoxy) is 1. The van der Waals surface area contributed by atoms with Crippen molar-refractivity contribution in [1.29, 1.82) is 0 Å². The zero-order valence-corrected chi connectivity index (χ0v) is 11.0. The minimum Gasteiger partial charge on any atom is -0.465 e. The molecule has 1 fully saturated rings. The molecule has 1 aliphatic heterocycles.